The molecule has 4 nitrogen and oxygen atoms in total. The minimum absolute atomic E-state index is 0.0510. The average Bonchev–Trinajstić information content (AvgIpc) is 2.63. The summed E-state index contributed by atoms with van der Waals surface area (Å²) in [5.41, 5.74) is 1.90. The summed E-state index contributed by atoms with van der Waals surface area (Å²) in [6.45, 7) is 1.96. The van der Waals surface area contributed by atoms with Crippen molar-refractivity contribution in [3.05, 3.63) is 71.8 Å². The fraction of sp³-hybridized carbons (Fsp3) is 0.300. The molecule has 0 saturated carbocycles. The molecule has 2 N–H and O–H groups in total. The largest absolute Gasteiger partial charge is 0.480 e. The standard InChI is InChI=1S/C20H23NO3S/c1-14(16-10-6-3-7-11-16)17(13-25)19(22)21-18(20(23)24)12-15-8-4-2-5-9-15/h2-11,14,17-18,25H,12-13H2,1H3,(H,21,22)(H,23,24)/t14-,17-,18+/m1/s1. The van der Waals surface area contributed by atoms with Crippen LogP contribution in [0, 0.1) is 5.92 Å². The average molecular weight is 357 g/mol. The van der Waals surface area contributed by atoms with Crippen LogP contribution in [0.1, 0.15) is 24.0 Å². The Bertz CT molecular complexity index is 691. The van der Waals surface area contributed by atoms with E-state index in [-0.39, 0.29) is 18.2 Å². The molecule has 0 unspecified atom stereocenters. The van der Waals surface area contributed by atoms with Gasteiger partial charge in [0.15, 0.2) is 0 Å². The number of thiol groups is 1. The summed E-state index contributed by atoms with van der Waals surface area (Å²) in [5, 5.41) is 12.1. The molecular weight excluding hydrogens is 334 g/mol. The van der Waals surface area contributed by atoms with Crippen LogP contribution in [0.25, 0.3) is 0 Å². The molecule has 0 bridgehead atoms. The van der Waals surface area contributed by atoms with Crippen LogP contribution in [-0.4, -0.2) is 28.8 Å². The summed E-state index contributed by atoms with van der Waals surface area (Å²) in [5.74, 6) is -1.43. The van der Waals surface area contributed by atoms with Crippen LogP contribution in [0.3, 0.4) is 0 Å². The number of carboxylic acid groups (broad SMARTS) is 1. The SMILES string of the molecule is C[C@H](c1ccccc1)[C@@H](CS)C(=O)N[C@@H](Cc1ccccc1)C(=O)O. The summed E-state index contributed by atoms with van der Waals surface area (Å²) in [4.78, 5) is 24.2. The Kier molecular flexibility index (Phi) is 7.07. The van der Waals surface area contributed by atoms with E-state index in [1.807, 2.05) is 67.6 Å². The van der Waals surface area contributed by atoms with Gasteiger partial charge in [0, 0.05) is 12.2 Å². The van der Waals surface area contributed by atoms with Gasteiger partial charge in [0.05, 0.1) is 5.92 Å². The van der Waals surface area contributed by atoms with Gasteiger partial charge in [-0.2, -0.15) is 12.6 Å². The highest BCUT2D eigenvalue weighted by Gasteiger charge is 2.29. The van der Waals surface area contributed by atoms with E-state index < -0.39 is 17.9 Å². The maximum atomic E-state index is 12.7. The number of hydrogen-bond acceptors (Lipinski definition) is 3. The molecule has 1 amide bonds. The van der Waals surface area contributed by atoms with Crippen molar-refractivity contribution in [3.63, 3.8) is 0 Å². The van der Waals surface area contributed by atoms with Gasteiger partial charge in [-0.1, -0.05) is 67.6 Å². The highest BCUT2D eigenvalue weighted by Crippen LogP contribution is 2.25. The number of carbonyl (C=O) groups is 2. The second-order valence-electron chi connectivity index (χ2n) is 6.08. The van der Waals surface area contributed by atoms with Crippen molar-refractivity contribution in [3.8, 4) is 0 Å². The van der Waals surface area contributed by atoms with Gasteiger partial charge in [-0.25, -0.2) is 4.79 Å². The van der Waals surface area contributed by atoms with Gasteiger partial charge in [-0.3, -0.25) is 4.79 Å². The molecule has 3 atom stereocenters. The Labute approximate surface area is 153 Å². The van der Waals surface area contributed by atoms with E-state index >= 15 is 0 Å². The summed E-state index contributed by atoms with van der Waals surface area (Å²) < 4.78 is 0. The molecule has 0 aliphatic heterocycles. The molecule has 0 radical (unpaired) electrons. The first-order valence-electron chi connectivity index (χ1n) is 8.25. The number of benzene rings is 2. The van der Waals surface area contributed by atoms with Crippen molar-refractivity contribution >= 4 is 24.5 Å². The van der Waals surface area contributed by atoms with E-state index in [2.05, 4.69) is 17.9 Å². The zero-order valence-electron chi connectivity index (χ0n) is 14.1. The molecule has 2 aromatic carbocycles. The predicted octanol–water partition coefficient (Wildman–Crippen LogP) is 3.15. The molecule has 0 heterocycles. The Balaban J connectivity index is 2.09. The number of aliphatic carboxylic acids is 1. The smallest absolute Gasteiger partial charge is 0.326 e. The third-order valence-electron chi connectivity index (χ3n) is 4.36. The molecular formula is C20H23NO3S. The Hall–Kier alpha value is -2.27. The van der Waals surface area contributed by atoms with Crippen LogP contribution < -0.4 is 5.32 Å². The van der Waals surface area contributed by atoms with Gasteiger partial charge in [-0.05, 0) is 17.0 Å². The van der Waals surface area contributed by atoms with Crippen LogP contribution >= 0.6 is 12.6 Å². The molecule has 0 fully saturated rings. The normalized spacial score (nSPS) is 14.3. The van der Waals surface area contributed by atoms with Crippen LogP contribution in [0.15, 0.2) is 60.7 Å². The second kappa shape index (κ2) is 9.28. The van der Waals surface area contributed by atoms with Crippen molar-refractivity contribution in [1.29, 1.82) is 0 Å². The summed E-state index contributed by atoms with van der Waals surface area (Å²) in [6.07, 6.45) is 0.251. The third kappa shape index (κ3) is 5.36. The van der Waals surface area contributed by atoms with Gasteiger partial charge in [-0.15, -0.1) is 0 Å². The van der Waals surface area contributed by atoms with Crippen molar-refractivity contribution in [2.75, 3.05) is 5.75 Å². The predicted molar refractivity (Wildman–Crippen MR) is 102 cm³/mol. The van der Waals surface area contributed by atoms with Gasteiger partial charge in [0.2, 0.25) is 5.91 Å². The first kappa shape index (κ1) is 19.1. The minimum atomic E-state index is -1.04. The lowest BCUT2D eigenvalue weighted by Gasteiger charge is -2.24. The van der Waals surface area contributed by atoms with E-state index in [9.17, 15) is 14.7 Å². The Morgan fingerprint density at radius 3 is 2.12 bits per heavy atom. The molecule has 0 spiro atoms. The summed E-state index contributed by atoms with van der Waals surface area (Å²) in [7, 11) is 0. The van der Waals surface area contributed by atoms with Crippen LogP contribution in [0.4, 0.5) is 0 Å². The Morgan fingerprint density at radius 2 is 1.60 bits per heavy atom. The van der Waals surface area contributed by atoms with Crippen LogP contribution in [0.2, 0.25) is 0 Å². The minimum Gasteiger partial charge on any atom is -0.480 e. The molecule has 0 aliphatic rings. The molecule has 0 aromatic heterocycles. The molecule has 132 valence electrons. The maximum absolute atomic E-state index is 12.7. The van der Waals surface area contributed by atoms with Gasteiger partial charge in [0.1, 0.15) is 6.04 Å². The third-order valence-corrected chi connectivity index (χ3v) is 4.75. The molecule has 25 heavy (non-hydrogen) atoms. The lowest BCUT2D eigenvalue weighted by Crippen LogP contribution is -2.46. The fourth-order valence-corrected chi connectivity index (χ4v) is 3.27. The quantitative estimate of drug-likeness (QED) is 0.636. The summed E-state index contributed by atoms with van der Waals surface area (Å²) in [6, 6.07) is 18.0. The Morgan fingerprint density at radius 1 is 1.04 bits per heavy atom. The maximum Gasteiger partial charge on any atom is 0.326 e. The number of amides is 1. The monoisotopic (exact) mass is 357 g/mol. The van der Waals surface area contributed by atoms with Gasteiger partial charge >= 0.3 is 5.97 Å². The van der Waals surface area contributed by atoms with Gasteiger partial charge < -0.3 is 10.4 Å². The number of rotatable bonds is 8. The van der Waals surface area contributed by atoms with Crippen molar-refractivity contribution in [2.24, 2.45) is 5.92 Å². The second-order valence-corrected chi connectivity index (χ2v) is 6.44. The molecule has 0 saturated heterocycles. The number of carbonyl (C=O) groups excluding carboxylic acids is 1. The molecule has 2 aromatic rings. The van der Waals surface area contributed by atoms with E-state index in [1.165, 1.54) is 0 Å². The van der Waals surface area contributed by atoms with Gasteiger partial charge in [0.25, 0.3) is 0 Å². The molecule has 5 heteroatoms. The topological polar surface area (TPSA) is 66.4 Å². The molecule has 2 rings (SSSR count). The lowest BCUT2D eigenvalue weighted by molar-refractivity contribution is -0.142. The van der Waals surface area contributed by atoms with Crippen molar-refractivity contribution in [1.82, 2.24) is 5.32 Å². The first-order chi connectivity index (χ1) is 12.0. The number of nitrogens with one attached hydrogen (secondary N) is 1. The van der Waals surface area contributed by atoms with E-state index in [1.54, 1.807) is 0 Å². The fourth-order valence-electron chi connectivity index (χ4n) is 2.79. The molecule has 0 aliphatic carbocycles. The van der Waals surface area contributed by atoms with Crippen molar-refractivity contribution in [2.45, 2.75) is 25.3 Å². The first-order valence-corrected chi connectivity index (χ1v) is 8.89. The van der Waals surface area contributed by atoms with Crippen molar-refractivity contribution < 1.29 is 14.7 Å². The summed E-state index contributed by atoms with van der Waals surface area (Å²) >= 11 is 4.31. The highest BCUT2D eigenvalue weighted by molar-refractivity contribution is 7.80. The number of carboxylic acids is 1. The highest BCUT2D eigenvalue weighted by atomic mass is 32.1. The van der Waals surface area contributed by atoms with E-state index in [4.69, 9.17) is 0 Å². The zero-order valence-corrected chi connectivity index (χ0v) is 15.0. The zero-order chi connectivity index (χ0) is 18.2. The van der Waals surface area contributed by atoms with Crippen LogP contribution in [-0.2, 0) is 16.0 Å². The van der Waals surface area contributed by atoms with E-state index in [0.29, 0.717) is 5.75 Å². The van der Waals surface area contributed by atoms with E-state index in [0.717, 1.165) is 11.1 Å². The van der Waals surface area contributed by atoms with Crippen LogP contribution in [0.5, 0.6) is 0 Å². The number of hydrogen-bond donors (Lipinski definition) is 3. The lowest BCUT2D eigenvalue weighted by atomic mass is 9.88.